The molecule has 0 unspecified atom stereocenters. The van der Waals surface area contributed by atoms with Crippen LogP contribution in [-0.4, -0.2) is 41.8 Å². The van der Waals surface area contributed by atoms with Gasteiger partial charge in [-0.3, -0.25) is 0 Å². The number of nitrogens with one attached hydrogen (secondary N) is 1. The number of piperidine rings is 1. The Hall–Kier alpha value is -0.770. The van der Waals surface area contributed by atoms with Crippen molar-refractivity contribution >= 4 is 6.03 Å². The van der Waals surface area contributed by atoms with Crippen LogP contribution in [0.4, 0.5) is 4.79 Å². The number of nitrogens with zero attached hydrogens (tertiary/aromatic N) is 1. The Balaban J connectivity index is 2.48. The van der Waals surface area contributed by atoms with Crippen molar-refractivity contribution in [3.8, 4) is 0 Å². The third kappa shape index (κ3) is 2.87. The molecule has 14 heavy (non-hydrogen) atoms. The van der Waals surface area contributed by atoms with Crippen molar-refractivity contribution in [1.82, 2.24) is 10.2 Å². The molecule has 1 aliphatic rings. The van der Waals surface area contributed by atoms with Gasteiger partial charge in [-0.25, -0.2) is 4.79 Å². The molecule has 0 radical (unpaired) electrons. The van der Waals surface area contributed by atoms with Crippen LogP contribution in [0.2, 0.25) is 0 Å². The standard InChI is InChI=1S/C10H20N2O2/c1-2-11-10(14)12-7-4-3-5-9(12)6-8-13/h9,13H,2-8H2,1H3,(H,11,14)/t9-/m1/s1. The van der Waals surface area contributed by atoms with E-state index in [9.17, 15) is 4.79 Å². The zero-order valence-electron chi connectivity index (χ0n) is 8.83. The minimum absolute atomic E-state index is 0.0191. The Labute approximate surface area is 85.3 Å². The Kier molecular flexibility index (Phi) is 4.73. The van der Waals surface area contributed by atoms with Gasteiger partial charge in [0.15, 0.2) is 0 Å². The van der Waals surface area contributed by atoms with Crippen LogP contribution in [0.1, 0.15) is 32.6 Å². The van der Waals surface area contributed by atoms with Crippen molar-refractivity contribution in [3.05, 3.63) is 0 Å². The van der Waals surface area contributed by atoms with E-state index in [0.29, 0.717) is 13.0 Å². The lowest BCUT2D eigenvalue weighted by Crippen LogP contribution is -2.48. The fourth-order valence-corrected chi connectivity index (χ4v) is 1.97. The van der Waals surface area contributed by atoms with E-state index in [1.54, 1.807) is 0 Å². The summed E-state index contributed by atoms with van der Waals surface area (Å²) in [4.78, 5) is 13.5. The summed E-state index contributed by atoms with van der Waals surface area (Å²) >= 11 is 0. The van der Waals surface area contributed by atoms with Crippen molar-refractivity contribution < 1.29 is 9.90 Å². The van der Waals surface area contributed by atoms with Gasteiger partial charge in [-0.05, 0) is 32.6 Å². The molecular formula is C10H20N2O2. The van der Waals surface area contributed by atoms with Gasteiger partial charge in [0, 0.05) is 25.7 Å². The maximum Gasteiger partial charge on any atom is 0.317 e. The molecule has 0 bridgehead atoms. The van der Waals surface area contributed by atoms with Gasteiger partial charge in [-0.15, -0.1) is 0 Å². The van der Waals surface area contributed by atoms with Crippen molar-refractivity contribution in [2.75, 3.05) is 19.7 Å². The predicted octanol–water partition coefficient (Wildman–Crippen LogP) is 0.953. The van der Waals surface area contributed by atoms with E-state index in [1.807, 2.05) is 11.8 Å². The van der Waals surface area contributed by atoms with Gasteiger partial charge in [0.25, 0.3) is 0 Å². The van der Waals surface area contributed by atoms with E-state index < -0.39 is 0 Å². The Bertz CT molecular complexity index is 183. The van der Waals surface area contributed by atoms with Crippen molar-refractivity contribution in [2.24, 2.45) is 0 Å². The van der Waals surface area contributed by atoms with Crippen LogP contribution in [0.25, 0.3) is 0 Å². The third-order valence-corrected chi connectivity index (χ3v) is 2.68. The van der Waals surface area contributed by atoms with Crippen molar-refractivity contribution in [1.29, 1.82) is 0 Å². The molecule has 0 saturated carbocycles. The molecule has 1 fully saturated rings. The monoisotopic (exact) mass is 200 g/mol. The predicted molar refractivity (Wildman–Crippen MR) is 55.1 cm³/mol. The second-order valence-electron chi connectivity index (χ2n) is 3.69. The highest BCUT2D eigenvalue weighted by atomic mass is 16.3. The third-order valence-electron chi connectivity index (χ3n) is 2.68. The molecule has 0 aromatic heterocycles. The number of aliphatic hydroxyl groups is 1. The van der Waals surface area contributed by atoms with Crippen LogP contribution in [0.15, 0.2) is 0 Å². The Morgan fingerprint density at radius 3 is 3.00 bits per heavy atom. The first kappa shape index (κ1) is 11.3. The molecule has 0 spiro atoms. The van der Waals surface area contributed by atoms with E-state index in [4.69, 9.17) is 5.11 Å². The minimum atomic E-state index is 0.0191. The van der Waals surface area contributed by atoms with Gasteiger partial charge >= 0.3 is 6.03 Å². The second kappa shape index (κ2) is 5.86. The molecule has 2 amide bonds. The number of carbonyl (C=O) groups is 1. The summed E-state index contributed by atoms with van der Waals surface area (Å²) in [6, 6.07) is 0.256. The summed E-state index contributed by atoms with van der Waals surface area (Å²) in [6.45, 7) is 3.58. The molecule has 4 heteroatoms. The zero-order valence-corrected chi connectivity index (χ0v) is 8.83. The normalized spacial score (nSPS) is 22.1. The second-order valence-corrected chi connectivity index (χ2v) is 3.69. The van der Waals surface area contributed by atoms with Gasteiger partial charge in [-0.2, -0.15) is 0 Å². The Morgan fingerprint density at radius 1 is 1.57 bits per heavy atom. The number of hydrogen-bond acceptors (Lipinski definition) is 2. The van der Waals surface area contributed by atoms with E-state index in [2.05, 4.69) is 5.32 Å². The molecule has 1 aliphatic heterocycles. The van der Waals surface area contributed by atoms with E-state index >= 15 is 0 Å². The average Bonchev–Trinajstić information content (AvgIpc) is 2.19. The lowest BCUT2D eigenvalue weighted by molar-refractivity contribution is 0.132. The average molecular weight is 200 g/mol. The molecular weight excluding hydrogens is 180 g/mol. The van der Waals surface area contributed by atoms with E-state index in [-0.39, 0.29) is 18.7 Å². The van der Waals surface area contributed by atoms with Gasteiger partial charge in [-0.1, -0.05) is 0 Å². The lowest BCUT2D eigenvalue weighted by atomic mass is 10.0. The largest absolute Gasteiger partial charge is 0.396 e. The molecule has 2 N–H and O–H groups in total. The quantitative estimate of drug-likeness (QED) is 0.712. The number of urea groups is 1. The molecule has 4 nitrogen and oxygen atoms in total. The molecule has 1 atom stereocenters. The van der Waals surface area contributed by atoms with Gasteiger partial charge in [0.1, 0.15) is 0 Å². The van der Waals surface area contributed by atoms with Crippen LogP contribution in [0, 0.1) is 0 Å². The van der Waals surface area contributed by atoms with Crippen LogP contribution in [0.3, 0.4) is 0 Å². The van der Waals surface area contributed by atoms with Crippen LogP contribution < -0.4 is 5.32 Å². The topological polar surface area (TPSA) is 52.6 Å². The zero-order chi connectivity index (χ0) is 10.4. The first-order valence-electron chi connectivity index (χ1n) is 5.45. The summed E-state index contributed by atoms with van der Waals surface area (Å²) in [5, 5.41) is 11.7. The van der Waals surface area contributed by atoms with E-state index in [0.717, 1.165) is 19.4 Å². The highest BCUT2D eigenvalue weighted by Gasteiger charge is 2.25. The maximum atomic E-state index is 11.6. The molecule has 0 aliphatic carbocycles. The summed E-state index contributed by atoms with van der Waals surface area (Å²) < 4.78 is 0. The number of likely N-dealkylation sites (tertiary alicyclic amines) is 1. The SMILES string of the molecule is CCNC(=O)N1CCCC[C@@H]1CCO. The molecule has 1 saturated heterocycles. The molecule has 1 heterocycles. The molecule has 82 valence electrons. The number of carbonyl (C=O) groups excluding carboxylic acids is 1. The summed E-state index contributed by atoms with van der Waals surface area (Å²) in [5.41, 5.74) is 0. The van der Waals surface area contributed by atoms with Crippen LogP contribution in [-0.2, 0) is 0 Å². The summed E-state index contributed by atoms with van der Waals surface area (Å²) in [5.74, 6) is 0. The molecule has 1 rings (SSSR count). The van der Waals surface area contributed by atoms with Gasteiger partial charge in [0.2, 0.25) is 0 Å². The smallest absolute Gasteiger partial charge is 0.317 e. The Morgan fingerprint density at radius 2 is 2.36 bits per heavy atom. The minimum Gasteiger partial charge on any atom is -0.396 e. The number of hydrogen-bond donors (Lipinski definition) is 2. The van der Waals surface area contributed by atoms with Crippen molar-refractivity contribution in [2.45, 2.75) is 38.6 Å². The number of amides is 2. The van der Waals surface area contributed by atoms with Gasteiger partial charge in [0.05, 0.1) is 0 Å². The fourth-order valence-electron chi connectivity index (χ4n) is 1.97. The highest BCUT2D eigenvalue weighted by Crippen LogP contribution is 2.19. The number of rotatable bonds is 3. The maximum absolute atomic E-state index is 11.6. The first-order chi connectivity index (χ1) is 6.79. The van der Waals surface area contributed by atoms with Crippen molar-refractivity contribution in [3.63, 3.8) is 0 Å². The molecule has 0 aromatic rings. The van der Waals surface area contributed by atoms with E-state index in [1.165, 1.54) is 6.42 Å². The van der Waals surface area contributed by atoms with Crippen LogP contribution in [0.5, 0.6) is 0 Å². The van der Waals surface area contributed by atoms with Crippen LogP contribution >= 0.6 is 0 Å². The summed E-state index contributed by atoms with van der Waals surface area (Å²) in [7, 11) is 0. The molecule has 0 aromatic carbocycles. The van der Waals surface area contributed by atoms with Gasteiger partial charge < -0.3 is 15.3 Å². The first-order valence-corrected chi connectivity index (χ1v) is 5.45. The fraction of sp³-hybridized carbons (Fsp3) is 0.900. The highest BCUT2D eigenvalue weighted by molar-refractivity contribution is 5.74. The lowest BCUT2D eigenvalue weighted by Gasteiger charge is -2.35. The summed E-state index contributed by atoms with van der Waals surface area (Å²) in [6.07, 6.45) is 3.98. The number of aliphatic hydroxyl groups excluding tert-OH is 1.